The molecule has 50 heavy (non-hydrogen) atoms. The van der Waals surface area contributed by atoms with Crippen LogP contribution in [0.3, 0.4) is 0 Å². The molecule has 0 bridgehead atoms. The van der Waals surface area contributed by atoms with Gasteiger partial charge in [-0.05, 0) is 45.0 Å². The molecule has 0 aliphatic heterocycles. The van der Waals surface area contributed by atoms with Crippen molar-refractivity contribution in [3.63, 3.8) is 0 Å². The van der Waals surface area contributed by atoms with Gasteiger partial charge in [0, 0.05) is 30.6 Å². The summed E-state index contributed by atoms with van der Waals surface area (Å²) in [7, 11) is 0. The number of carboxylic acid groups (broad SMARTS) is 1. The lowest BCUT2D eigenvalue weighted by Gasteiger charge is -2.06. The van der Waals surface area contributed by atoms with Crippen LogP contribution in [-0.2, 0) is 4.74 Å². The quantitative estimate of drug-likeness (QED) is 0.123. The van der Waals surface area contributed by atoms with E-state index in [-0.39, 0.29) is 23.3 Å². The van der Waals surface area contributed by atoms with E-state index < -0.39 is 5.97 Å². The molecule has 10 nitrogen and oxygen atoms in total. The number of carbonyl (C=O) groups excluding carboxylic acids is 3. The van der Waals surface area contributed by atoms with Gasteiger partial charge in [0.15, 0.2) is 10.3 Å². The van der Waals surface area contributed by atoms with Gasteiger partial charge < -0.3 is 9.84 Å². The van der Waals surface area contributed by atoms with Gasteiger partial charge in [-0.1, -0.05) is 82.3 Å². The van der Waals surface area contributed by atoms with Gasteiger partial charge in [-0.15, -0.1) is 22.7 Å². The van der Waals surface area contributed by atoms with Crippen LogP contribution in [0.4, 0.5) is 10.3 Å². The number of thiophene rings is 2. The average molecular weight is 786 g/mol. The van der Waals surface area contributed by atoms with Crippen molar-refractivity contribution in [3.8, 4) is 20.9 Å². The van der Waals surface area contributed by atoms with Crippen molar-refractivity contribution >= 4 is 103 Å². The summed E-state index contributed by atoms with van der Waals surface area (Å²) in [4.78, 5) is 59.7. The van der Waals surface area contributed by atoms with Crippen LogP contribution in [-0.4, -0.2) is 45.4 Å². The number of aromatic carboxylic acids is 1. The van der Waals surface area contributed by atoms with Gasteiger partial charge in [-0.3, -0.25) is 20.2 Å². The molecule has 0 saturated carbocycles. The number of nitrogens with zero attached hydrogens (tertiary/aromatic N) is 2. The van der Waals surface area contributed by atoms with Gasteiger partial charge >= 0.3 is 11.9 Å². The SMILES string of the molecule is CCOC(=O)c1ccccc1-c1cc(C(=O)Nc2ncc(Cl)s2)c(C)s1.Cc1sc(-c2ccccc2C(=O)O)cc1C(=O)Nc1ncc(Cl)s1. The Hall–Kier alpha value is -4.44. The van der Waals surface area contributed by atoms with Crippen molar-refractivity contribution < 1.29 is 29.0 Å². The molecule has 2 amide bonds. The summed E-state index contributed by atoms with van der Waals surface area (Å²) >= 11 is 16.8. The highest BCUT2D eigenvalue weighted by Crippen LogP contribution is 2.36. The number of aryl methyl sites for hydroxylation is 2. The molecule has 16 heteroatoms. The number of amides is 2. The molecule has 0 fully saturated rings. The van der Waals surface area contributed by atoms with Crippen LogP contribution in [0.5, 0.6) is 0 Å². The number of rotatable bonds is 9. The number of esters is 1. The molecule has 256 valence electrons. The van der Waals surface area contributed by atoms with E-state index in [4.69, 9.17) is 27.9 Å². The number of carbonyl (C=O) groups is 4. The number of hydrogen-bond donors (Lipinski definition) is 3. The lowest BCUT2D eigenvalue weighted by Crippen LogP contribution is -2.11. The van der Waals surface area contributed by atoms with Crippen LogP contribution in [0, 0.1) is 13.8 Å². The van der Waals surface area contributed by atoms with Gasteiger partial charge in [-0.25, -0.2) is 19.6 Å². The largest absolute Gasteiger partial charge is 0.478 e. The number of benzene rings is 2. The average Bonchev–Trinajstić information content (AvgIpc) is 3.89. The third kappa shape index (κ3) is 8.82. The molecule has 0 atom stereocenters. The Morgan fingerprint density at radius 1 is 0.700 bits per heavy atom. The highest BCUT2D eigenvalue weighted by Gasteiger charge is 2.21. The lowest BCUT2D eigenvalue weighted by molar-refractivity contribution is 0.0526. The van der Waals surface area contributed by atoms with E-state index in [0.29, 0.717) is 47.8 Å². The predicted molar refractivity (Wildman–Crippen MR) is 202 cm³/mol. The van der Waals surface area contributed by atoms with E-state index in [0.717, 1.165) is 25.1 Å². The Morgan fingerprint density at radius 3 is 1.56 bits per heavy atom. The van der Waals surface area contributed by atoms with Gasteiger partial charge in [0.1, 0.15) is 8.67 Å². The van der Waals surface area contributed by atoms with Crippen LogP contribution in [0.1, 0.15) is 58.1 Å². The summed E-state index contributed by atoms with van der Waals surface area (Å²) in [6, 6.07) is 17.4. The topological polar surface area (TPSA) is 148 Å². The Bertz CT molecular complexity index is 2210. The molecule has 6 rings (SSSR count). The van der Waals surface area contributed by atoms with E-state index in [9.17, 15) is 24.3 Å². The summed E-state index contributed by atoms with van der Waals surface area (Å²) in [6.45, 7) is 5.76. The molecule has 0 aliphatic carbocycles. The maximum absolute atomic E-state index is 12.5. The fourth-order valence-electron chi connectivity index (χ4n) is 4.60. The second-order valence-electron chi connectivity index (χ2n) is 10.1. The lowest BCUT2D eigenvalue weighted by atomic mass is 10.1. The summed E-state index contributed by atoms with van der Waals surface area (Å²) in [5.74, 6) is -1.93. The second kappa shape index (κ2) is 16.5. The first-order chi connectivity index (χ1) is 23.9. The number of thiazole rings is 2. The minimum Gasteiger partial charge on any atom is -0.478 e. The third-order valence-electron chi connectivity index (χ3n) is 6.83. The smallest absolute Gasteiger partial charge is 0.338 e. The molecule has 0 radical (unpaired) electrons. The standard InChI is InChI=1S/C18H15ClN2O3S2.C16H11ClN2O3S2/c1-3-24-17(23)12-7-5-4-6-11(12)14-8-13(10(2)25-14)16(22)21-18-20-9-15(19)26-18;1-8-11(14(20)19-16-18-7-13(17)24-16)6-12(23-8)9-4-2-3-5-10(9)15(21)22/h4-9H,3H2,1-2H3,(H,20,21,22);2-7H,1H3,(H,21,22)(H,18,19,20). The predicted octanol–water partition coefficient (Wildman–Crippen LogP) is 10.0. The molecule has 4 aromatic heterocycles. The Balaban J connectivity index is 0.000000195. The van der Waals surface area contributed by atoms with Crippen molar-refractivity contribution in [2.75, 3.05) is 17.2 Å². The highest BCUT2D eigenvalue weighted by molar-refractivity contribution is 7.20. The minimum absolute atomic E-state index is 0.206. The molecule has 2 aromatic carbocycles. The summed E-state index contributed by atoms with van der Waals surface area (Å²) < 4.78 is 6.12. The molecule has 0 unspecified atom stereocenters. The summed E-state index contributed by atoms with van der Waals surface area (Å²) in [6.07, 6.45) is 2.96. The first-order valence-electron chi connectivity index (χ1n) is 14.6. The van der Waals surface area contributed by atoms with Crippen molar-refractivity contribution in [3.05, 3.63) is 114 Å². The zero-order valence-electron chi connectivity index (χ0n) is 26.4. The Kier molecular flexibility index (Phi) is 12.2. The summed E-state index contributed by atoms with van der Waals surface area (Å²) in [5, 5.41) is 15.6. The zero-order chi connectivity index (χ0) is 35.9. The van der Waals surface area contributed by atoms with Crippen LogP contribution in [0.2, 0.25) is 8.67 Å². The van der Waals surface area contributed by atoms with Crippen LogP contribution >= 0.6 is 68.5 Å². The molecular formula is C34H26Cl2N4O6S4. The van der Waals surface area contributed by atoms with E-state index in [2.05, 4.69) is 20.6 Å². The molecule has 0 aliphatic rings. The fourth-order valence-corrected chi connectivity index (χ4v) is 8.33. The number of halogens is 2. The third-order valence-corrected chi connectivity index (χ3v) is 11.1. The number of aromatic nitrogens is 2. The number of ether oxygens (including phenoxy) is 1. The molecule has 0 spiro atoms. The minimum atomic E-state index is -1.000. The van der Waals surface area contributed by atoms with Gasteiger partial charge in [0.05, 0.1) is 41.3 Å². The molecule has 4 heterocycles. The maximum atomic E-state index is 12.5. The van der Waals surface area contributed by atoms with Crippen LogP contribution in [0.25, 0.3) is 20.9 Å². The first-order valence-corrected chi connectivity index (χ1v) is 18.6. The molecule has 0 saturated heterocycles. The molecule has 3 N–H and O–H groups in total. The van der Waals surface area contributed by atoms with Crippen molar-refractivity contribution in [2.45, 2.75) is 20.8 Å². The Labute approximate surface area is 312 Å². The van der Waals surface area contributed by atoms with E-state index in [1.54, 1.807) is 55.5 Å². The number of hydrogen-bond acceptors (Lipinski definition) is 11. The summed E-state index contributed by atoms with van der Waals surface area (Å²) in [5.41, 5.74) is 3.05. The monoisotopic (exact) mass is 784 g/mol. The number of nitrogens with one attached hydrogen (secondary N) is 2. The maximum Gasteiger partial charge on any atom is 0.338 e. The van der Waals surface area contributed by atoms with Gasteiger partial charge in [0.25, 0.3) is 11.8 Å². The van der Waals surface area contributed by atoms with E-state index >= 15 is 0 Å². The molecular weight excluding hydrogens is 760 g/mol. The van der Waals surface area contributed by atoms with Crippen LogP contribution < -0.4 is 10.6 Å². The van der Waals surface area contributed by atoms with Crippen molar-refractivity contribution in [2.24, 2.45) is 0 Å². The first kappa shape index (κ1) is 36.8. The molecule has 6 aromatic rings. The van der Waals surface area contributed by atoms with Gasteiger partial charge in [0.2, 0.25) is 0 Å². The van der Waals surface area contributed by atoms with E-state index in [1.165, 1.54) is 57.7 Å². The Morgan fingerprint density at radius 2 is 1.14 bits per heavy atom. The number of carboxylic acids is 1. The van der Waals surface area contributed by atoms with Crippen molar-refractivity contribution in [1.82, 2.24) is 9.97 Å². The van der Waals surface area contributed by atoms with Gasteiger partial charge in [-0.2, -0.15) is 0 Å². The van der Waals surface area contributed by atoms with E-state index in [1.807, 2.05) is 26.0 Å². The normalized spacial score (nSPS) is 10.6. The van der Waals surface area contributed by atoms with Crippen molar-refractivity contribution in [1.29, 1.82) is 0 Å². The zero-order valence-corrected chi connectivity index (χ0v) is 31.2. The van der Waals surface area contributed by atoms with Crippen LogP contribution in [0.15, 0.2) is 73.1 Å². The number of anilines is 2. The highest BCUT2D eigenvalue weighted by atomic mass is 35.5. The second-order valence-corrected chi connectivity index (χ2v) is 16.0. The fraction of sp³-hybridized carbons (Fsp3) is 0.118.